The summed E-state index contributed by atoms with van der Waals surface area (Å²) in [5, 5.41) is 18.5. The van der Waals surface area contributed by atoms with E-state index in [2.05, 4.69) is 20.3 Å². The summed E-state index contributed by atoms with van der Waals surface area (Å²) in [5.41, 5.74) is 0.684. The molecule has 0 radical (unpaired) electrons. The summed E-state index contributed by atoms with van der Waals surface area (Å²) in [6.45, 7) is 2.63. The summed E-state index contributed by atoms with van der Waals surface area (Å²) >= 11 is 0. The first-order valence-corrected chi connectivity index (χ1v) is 13.1. The van der Waals surface area contributed by atoms with Crippen molar-refractivity contribution in [2.45, 2.75) is 12.1 Å². The molecule has 1 amide bonds. The van der Waals surface area contributed by atoms with Gasteiger partial charge in [0.25, 0.3) is 0 Å². The monoisotopic (exact) mass is 562 g/mol. The molecule has 11 heteroatoms. The van der Waals surface area contributed by atoms with Gasteiger partial charge in [0.2, 0.25) is 5.91 Å². The van der Waals surface area contributed by atoms with E-state index >= 15 is 0 Å². The average Bonchev–Trinajstić information content (AvgIpc) is 3.46. The molecule has 0 bridgehead atoms. The standard InChI is InChI=1S/C30H29F3N6O2/c31-23-4-1-22(2-5-23)3-12-29(40)36-25-7-9-26(10-8-25)38-15-13-37(14-16-38)18-30(41,19-39-21-34-20-35-39)27-11-6-24(32)17-28(27)33/h1-12,17,20-21,41H,13-16,18-19H2,(H,36,40)/b12-3+. The maximum absolute atomic E-state index is 14.7. The third-order valence-electron chi connectivity index (χ3n) is 6.98. The van der Waals surface area contributed by atoms with E-state index in [1.54, 1.807) is 18.2 Å². The number of hydrogen-bond acceptors (Lipinski definition) is 6. The molecule has 0 spiro atoms. The number of nitrogens with one attached hydrogen (secondary N) is 1. The third-order valence-corrected chi connectivity index (χ3v) is 6.98. The molecule has 5 rings (SSSR count). The summed E-state index contributed by atoms with van der Waals surface area (Å²) in [4.78, 5) is 20.4. The number of anilines is 2. The Hall–Kier alpha value is -4.48. The van der Waals surface area contributed by atoms with Gasteiger partial charge in [-0.2, -0.15) is 5.10 Å². The Labute approximate surface area is 235 Å². The third kappa shape index (κ3) is 7.19. The number of rotatable bonds is 9. The molecule has 1 unspecified atom stereocenters. The van der Waals surface area contributed by atoms with E-state index in [1.165, 1.54) is 41.6 Å². The summed E-state index contributed by atoms with van der Waals surface area (Å²) in [7, 11) is 0. The largest absolute Gasteiger partial charge is 0.382 e. The van der Waals surface area contributed by atoms with Gasteiger partial charge in [-0.25, -0.2) is 22.8 Å². The first kappa shape index (κ1) is 28.1. The van der Waals surface area contributed by atoms with Crippen molar-refractivity contribution in [3.05, 3.63) is 114 Å². The zero-order chi connectivity index (χ0) is 28.8. The number of hydrogen-bond donors (Lipinski definition) is 2. The topological polar surface area (TPSA) is 86.5 Å². The average molecular weight is 563 g/mol. The minimum Gasteiger partial charge on any atom is -0.382 e. The molecule has 1 aromatic heterocycles. The Bertz CT molecular complexity index is 1490. The number of carbonyl (C=O) groups is 1. The zero-order valence-electron chi connectivity index (χ0n) is 22.1. The number of benzene rings is 3. The van der Waals surface area contributed by atoms with Crippen LogP contribution in [0.1, 0.15) is 11.1 Å². The summed E-state index contributed by atoms with van der Waals surface area (Å²) < 4.78 is 42.8. The van der Waals surface area contributed by atoms with Crippen LogP contribution in [0, 0.1) is 17.5 Å². The highest BCUT2D eigenvalue weighted by Crippen LogP contribution is 2.29. The number of aromatic nitrogens is 3. The Kier molecular flexibility index (Phi) is 8.46. The summed E-state index contributed by atoms with van der Waals surface area (Å²) in [6, 6.07) is 16.5. The van der Waals surface area contributed by atoms with Crippen molar-refractivity contribution in [2.24, 2.45) is 0 Å². The molecule has 1 aliphatic rings. The van der Waals surface area contributed by atoms with Gasteiger partial charge in [-0.3, -0.25) is 9.69 Å². The van der Waals surface area contributed by atoms with Crippen LogP contribution in [0.25, 0.3) is 6.08 Å². The molecule has 8 nitrogen and oxygen atoms in total. The van der Waals surface area contributed by atoms with Crippen molar-refractivity contribution >= 4 is 23.4 Å². The Morgan fingerprint density at radius 3 is 2.29 bits per heavy atom. The Morgan fingerprint density at radius 2 is 1.63 bits per heavy atom. The van der Waals surface area contributed by atoms with Crippen LogP contribution >= 0.6 is 0 Å². The molecule has 0 saturated carbocycles. The lowest BCUT2D eigenvalue weighted by Gasteiger charge is -2.40. The fraction of sp³-hybridized carbons (Fsp3) is 0.233. The van der Waals surface area contributed by atoms with Crippen molar-refractivity contribution in [1.82, 2.24) is 19.7 Å². The molecule has 1 saturated heterocycles. The maximum atomic E-state index is 14.7. The van der Waals surface area contributed by atoms with Crippen LogP contribution in [0.2, 0.25) is 0 Å². The zero-order valence-corrected chi connectivity index (χ0v) is 22.1. The lowest BCUT2D eigenvalue weighted by Crippen LogP contribution is -2.52. The van der Waals surface area contributed by atoms with Crippen LogP contribution in [0.5, 0.6) is 0 Å². The first-order chi connectivity index (χ1) is 19.8. The predicted molar refractivity (Wildman–Crippen MR) is 149 cm³/mol. The van der Waals surface area contributed by atoms with E-state index in [1.807, 2.05) is 29.2 Å². The van der Waals surface area contributed by atoms with Gasteiger partial charge in [-0.1, -0.05) is 18.2 Å². The minimum atomic E-state index is -1.65. The number of nitrogens with zero attached hydrogens (tertiary/aromatic N) is 5. The van der Waals surface area contributed by atoms with Crippen LogP contribution in [0.3, 0.4) is 0 Å². The molecule has 1 atom stereocenters. The molecule has 2 N–H and O–H groups in total. The quantitative estimate of drug-likeness (QED) is 0.300. The van der Waals surface area contributed by atoms with Gasteiger partial charge < -0.3 is 15.3 Å². The van der Waals surface area contributed by atoms with Gasteiger partial charge in [0.05, 0.1) is 6.54 Å². The number of piperazine rings is 1. The minimum absolute atomic E-state index is 0.00183. The first-order valence-electron chi connectivity index (χ1n) is 13.1. The van der Waals surface area contributed by atoms with Crippen molar-refractivity contribution < 1.29 is 23.1 Å². The van der Waals surface area contributed by atoms with Crippen molar-refractivity contribution in [3.63, 3.8) is 0 Å². The van der Waals surface area contributed by atoms with Crippen molar-refractivity contribution in [1.29, 1.82) is 0 Å². The summed E-state index contributed by atoms with van der Waals surface area (Å²) in [5.74, 6) is -2.16. The van der Waals surface area contributed by atoms with Crippen LogP contribution in [0.15, 0.2) is 85.5 Å². The summed E-state index contributed by atoms with van der Waals surface area (Å²) in [6.07, 6.45) is 5.78. The fourth-order valence-corrected chi connectivity index (χ4v) is 4.89. The fourth-order valence-electron chi connectivity index (χ4n) is 4.89. The van der Waals surface area contributed by atoms with E-state index in [9.17, 15) is 23.1 Å². The normalized spacial score (nSPS) is 15.7. The van der Waals surface area contributed by atoms with Gasteiger partial charge in [-0.15, -0.1) is 0 Å². The highest BCUT2D eigenvalue weighted by Gasteiger charge is 2.36. The molecular formula is C30H29F3N6O2. The molecule has 3 aromatic carbocycles. The molecule has 0 aliphatic carbocycles. The lowest BCUT2D eigenvalue weighted by atomic mass is 9.92. The van der Waals surface area contributed by atoms with Crippen molar-refractivity contribution in [3.8, 4) is 0 Å². The highest BCUT2D eigenvalue weighted by molar-refractivity contribution is 6.02. The van der Waals surface area contributed by atoms with E-state index in [4.69, 9.17) is 0 Å². The van der Waals surface area contributed by atoms with Gasteiger partial charge in [0, 0.05) is 61.8 Å². The SMILES string of the molecule is O=C(/C=C/c1ccc(F)cc1)Nc1ccc(N2CCN(CC(O)(Cn3cncn3)c3ccc(F)cc3F)CC2)cc1. The Morgan fingerprint density at radius 1 is 0.927 bits per heavy atom. The molecule has 1 fully saturated rings. The molecule has 4 aromatic rings. The highest BCUT2D eigenvalue weighted by atomic mass is 19.1. The number of halogens is 3. The molecule has 41 heavy (non-hydrogen) atoms. The molecular weight excluding hydrogens is 533 g/mol. The molecule has 212 valence electrons. The maximum Gasteiger partial charge on any atom is 0.248 e. The van der Waals surface area contributed by atoms with Gasteiger partial charge in [-0.05, 0) is 54.1 Å². The molecule has 1 aliphatic heterocycles. The molecule has 2 heterocycles. The number of amides is 1. The van der Waals surface area contributed by atoms with Crippen LogP contribution < -0.4 is 10.2 Å². The van der Waals surface area contributed by atoms with Gasteiger partial charge in [0.15, 0.2) is 0 Å². The van der Waals surface area contributed by atoms with Gasteiger partial charge >= 0.3 is 0 Å². The van der Waals surface area contributed by atoms with E-state index in [0.29, 0.717) is 31.9 Å². The van der Waals surface area contributed by atoms with E-state index in [-0.39, 0.29) is 30.4 Å². The second-order valence-corrected chi connectivity index (χ2v) is 9.93. The van der Waals surface area contributed by atoms with Crippen LogP contribution in [-0.2, 0) is 16.9 Å². The number of β-amino-alcohol motifs (C(OH)–C–C–N with tert-alkyl or cyclic N) is 1. The lowest BCUT2D eigenvalue weighted by molar-refractivity contribution is -0.111. The van der Waals surface area contributed by atoms with Gasteiger partial charge in [0.1, 0.15) is 35.7 Å². The van der Waals surface area contributed by atoms with E-state index in [0.717, 1.165) is 23.4 Å². The number of carbonyl (C=O) groups excluding carboxylic acids is 1. The van der Waals surface area contributed by atoms with Crippen LogP contribution in [0.4, 0.5) is 24.5 Å². The smallest absolute Gasteiger partial charge is 0.248 e. The second kappa shape index (κ2) is 12.4. The predicted octanol–water partition coefficient (Wildman–Crippen LogP) is 4.06. The second-order valence-electron chi connectivity index (χ2n) is 9.93. The van der Waals surface area contributed by atoms with Crippen LogP contribution in [-0.4, -0.2) is 63.4 Å². The Balaban J connectivity index is 1.18. The number of aliphatic hydroxyl groups is 1. The van der Waals surface area contributed by atoms with Crippen molar-refractivity contribution in [2.75, 3.05) is 42.9 Å². The van der Waals surface area contributed by atoms with E-state index < -0.39 is 17.2 Å².